The smallest absolute Gasteiger partial charge is 0.181 e. The van der Waals surface area contributed by atoms with Crippen molar-refractivity contribution in [3.63, 3.8) is 0 Å². The summed E-state index contributed by atoms with van der Waals surface area (Å²) >= 11 is 0. The van der Waals surface area contributed by atoms with Gasteiger partial charge in [0.1, 0.15) is 5.69 Å². The Kier molecular flexibility index (Phi) is 4.31. The van der Waals surface area contributed by atoms with Gasteiger partial charge in [0, 0.05) is 19.2 Å². The Morgan fingerprint density at radius 1 is 1.65 bits per heavy atom. The first-order valence-corrected chi connectivity index (χ1v) is 6.57. The number of aromatic nitrogens is 2. The third-order valence-corrected chi connectivity index (χ3v) is 3.31. The summed E-state index contributed by atoms with van der Waals surface area (Å²) in [4.78, 5) is 12.2. The number of Topliss-reactive ketones (excluding diaryl/α,β-unsaturated/α-hetero) is 1. The second-order valence-corrected chi connectivity index (χ2v) is 4.78. The normalized spacial score (nSPS) is 20.4. The first kappa shape index (κ1) is 12.3. The molecule has 1 aromatic rings. The highest BCUT2D eigenvalue weighted by Gasteiger charge is 2.19. The van der Waals surface area contributed by atoms with Crippen molar-refractivity contribution in [3.05, 3.63) is 18.0 Å². The molecule has 1 aliphatic heterocycles. The number of hydrogen-bond acceptors (Lipinski definition) is 3. The van der Waals surface area contributed by atoms with Crippen LogP contribution in [0.1, 0.15) is 43.1 Å². The predicted octanol–water partition coefficient (Wildman–Crippen LogP) is 1.87. The third-order valence-electron chi connectivity index (χ3n) is 3.31. The van der Waals surface area contributed by atoms with Gasteiger partial charge in [-0.1, -0.05) is 6.92 Å². The molecule has 0 amide bonds. The summed E-state index contributed by atoms with van der Waals surface area (Å²) in [5, 5.41) is 7.55. The highest BCUT2D eigenvalue weighted by molar-refractivity contribution is 5.94. The lowest BCUT2D eigenvalue weighted by molar-refractivity contribution is 0.0943. The molecule has 0 spiro atoms. The number of piperidine rings is 1. The molecule has 4 nitrogen and oxygen atoms in total. The molecular weight excluding hydrogens is 214 g/mol. The Morgan fingerprint density at radius 2 is 2.53 bits per heavy atom. The molecule has 1 unspecified atom stereocenters. The van der Waals surface area contributed by atoms with Crippen molar-refractivity contribution in [1.29, 1.82) is 0 Å². The fourth-order valence-corrected chi connectivity index (χ4v) is 2.42. The standard InChI is InChI=1S/C13H21N3O/c1-2-8-16-12(5-7-15-16)13(17)9-11-4-3-6-14-10-11/h5,7,11,14H,2-4,6,8-10H2,1H3. The van der Waals surface area contributed by atoms with E-state index in [-0.39, 0.29) is 5.78 Å². The number of carbonyl (C=O) groups is 1. The molecule has 0 saturated carbocycles. The first-order chi connectivity index (χ1) is 8.31. The summed E-state index contributed by atoms with van der Waals surface area (Å²) < 4.78 is 1.83. The van der Waals surface area contributed by atoms with Gasteiger partial charge < -0.3 is 5.32 Å². The molecule has 1 N–H and O–H groups in total. The number of carbonyl (C=O) groups excluding carboxylic acids is 1. The number of aryl methyl sites for hydroxylation is 1. The maximum Gasteiger partial charge on any atom is 0.181 e. The molecule has 4 heteroatoms. The van der Waals surface area contributed by atoms with Crippen molar-refractivity contribution < 1.29 is 4.79 Å². The van der Waals surface area contributed by atoms with Crippen molar-refractivity contribution in [2.24, 2.45) is 5.92 Å². The van der Waals surface area contributed by atoms with Gasteiger partial charge in [0.15, 0.2) is 5.78 Å². The zero-order chi connectivity index (χ0) is 12.1. The number of ketones is 1. The lowest BCUT2D eigenvalue weighted by atomic mass is 9.93. The molecule has 2 heterocycles. The Labute approximate surface area is 102 Å². The summed E-state index contributed by atoms with van der Waals surface area (Å²) in [6.07, 6.45) is 5.74. The minimum atomic E-state index is 0.240. The Hall–Kier alpha value is -1.16. The molecule has 0 aliphatic carbocycles. The quantitative estimate of drug-likeness (QED) is 0.792. The van der Waals surface area contributed by atoms with E-state index in [0.717, 1.165) is 31.7 Å². The van der Waals surface area contributed by atoms with E-state index in [9.17, 15) is 4.79 Å². The maximum atomic E-state index is 12.2. The van der Waals surface area contributed by atoms with Crippen LogP contribution in [0.25, 0.3) is 0 Å². The van der Waals surface area contributed by atoms with Gasteiger partial charge in [-0.2, -0.15) is 5.10 Å². The average Bonchev–Trinajstić information content (AvgIpc) is 2.79. The minimum Gasteiger partial charge on any atom is -0.316 e. The van der Waals surface area contributed by atoms with E-state index in [1.807, 2.05) is 10.7 Å². The molecule has 1 aliphatic rings. The van der Waals surface area contributed by atoms with E-state index in [1.54, 1.807) is 6.20 Å². The lowest BCUT2D eigenvalue weighted by Gasteiger charge is -2.21. The second kappa shape index (κ2) is 5.96. The van der Waals surface area contributed by atoms with Crippen LogP contribution in [-0.4, -0.2) is 28.7 Å². The highest BCUT2D eigenvalue weighted by atomic mass is 16.1. The van der Waals surface area contributed by atoms with E-state index in [1.165, 1.54) is 12.8 Å². The molecule has 1 aromatic heterocycles. The second-order valence-electron chi connectivity index (χ2n) is 4.78. The fraction of sp³-hybridized carbons (Fsp3) is 0.692. The molecule has 0 radical (unpaired) electrons. The lowest BCUT2D eigenvalue weighted by Crippen LogP contribution is -2.31. The largest absolute Gasteiger partial charge is 0.316 e. The molecule has 1 saturated heterocycles. The summed E-state index contributed by atoms with van der Waals surface area (Å²) in [7, 11) is 0. The molecule has 2 rings (SSSR count). The minimum absolute atomic E-state index is 0.240. The van der Waals surface area contributed by atoms with Crippen LogP contribution in [0.15, 0.2) is 12.3 Å². The van der Waals surface area contributed by atoms with Gasteiger partial charge in [-0.3, -0.25) is 9.48 Å². The van der Waals surface area contributed by atoms with Gasteiger partial charge in [-0.25, -0.2) is 0 Å². The van der Waals surface area contributed by atoms with Crippen LogP contribution in [-0.2, 0) is 6.54 Å². The van der Waals surface area contributed by atoms with Crippen molar-refractivity contribution in [1.82, 2.24) is 15.1 Å². The number of nitrogens with zero attached hydrogens (tertiary/aromatic N) is 2. The van der Waals surface area contributed by atoms with Crippen LogP contribution < -0.4 is 5.32 Å². The zero-order valence-electron chi connectivity index (χ0n) is 10.5. The molecule has 0 aromatic carbocycles. The Bertz CT molecular complexity index is 366. The molecular formula is C13H21N3O. The van der Waals surface area contributed by atoms with Gasteiger partial charge >= 0.3 is 0 Å². The van der Waals surface area contributed by atoms with Crippen LogP contribution in [0.2, 0.25) is 0 Å². The summed E-state index contributed by atoms with van der Waals surface area (Å²) in [6.45, 7) is 5.00. The summed E-state index contributed by atoms with van der Waals surface area (Å²) in [6, 6.07) is 1.84. The van der Waals surface area contributed by atoms with Gasteiger partial charge in [-0.05, 0) is 44.3 Å². The van der Waals surface area contributed by atoms with Crippen LogP contribution in [0.3, 0.4) is 0 Å². The van der Waals surface area contributed by atoms with Crippen LogP contribution in [0, 0.1) is 5.92 Å². The van der Waals surface area contributed by atoms with Gasteiger partial charge in [0.2, 0.25) is 0 Å². The molecule has 0 bridgehead atoms. The summed E-state index contributed by atoms with van der Waals surface area (Å²) in [5.41, 5.74) is 0.775. The third kappa shape index (κ3) is 3.16. The van der Waals surface area contributed by atoms with Crippen molar-refractivity contribution in [3.8, 4) is 0 Å². The van der Waals surface area contributed by atoms with Gasteiger partial charge in [0.25, 0.3) is 0 Å². The average molecular weight is 235 g/mol. The van der Waals surface area contributed by atoms with Gasteiger partial charge in [0.05, 0.1) is 0 Å². The van der Waals surface area contributed by atoms with E-state index in [4.69, 9.17) is 0 Å². The predicted molar refractivity (Wildman–Crippen MR) is 67.1 cm³/mol. The number of nitrogens with one attached hydrogen (secondary N) is 1. The Balaban J connectivity index is 1.96. The van der Waals surface area contributed by atoms with Gasteiger partial charge in [-0.15, -0.1) is 0 Å². The molecule has 1 atom stereocenters. The monoisotopic (exact) mass is 235 g/mol. The van der Waals surface area contributed by atoms with Crippen LogP contribution >= 0.6 is 0 Å². The first-order valence-electron chi connectivity index (χ1n) is 6.57. The van der Waals surface area contributed by atoms with E-state index < -0.39 is 0 Å². The SMILES string of the molecule is CCCn1nccc1C(=O)CC1CCCNC1. The Morgan fingerprint density at radius 3 is 3.24 bits per heavy atom. The number of rotatable bonds is 5. The summed E-state index contributed by atoms with van der Waals surface area (Å²) in [5.74, 6) is 0.742. The van der Waals surface area contributed by atoms with E-state index >= 15 is 0 Å². The van der Waals surface area contributed by atoms with Crippen LogP contribution in [0.4, 0.5) is 0 Å². The highest BCUT2D eigenvalue weighted by Crippen LogP contribution is 2.17. The fourth-order valence-electron chi connectivity index (χ4n) is 2.42. The topological polar surface area (TPSA) is 46.9 Å². The van der Waals surface area contributed by atoms with E-state index in [0.29, 0.717) is 12.3 Å². The maximum absolute atomic E-state index is 12.2. The van der Waals surface area contributed by atoms with E-state index in [2.05, 4.69) is 17.3 Å². The van der Waals surface area contributed by atoms with Crippen molar-refractivity contribution >= 4 is 5.78 Å². The number of hydrogen-bond donors (Lipinski definition) is 1. The molecule has 94 valence electrons. The zero-order valence-corrected chi connectivity index (χ0v) is 10.5. The van der Waals surface area contributed by atoms with Crippen molar-refractivity contribution in [2.75, 3.05) is 13.1 Å². The molecule has 17 heavy (non-hydrogen) atoms. The van der Waals surface area contributed by atoms with Crippen LogP contribution in [0.5, 0.6) is 0 Å². The van der Waals surface area contributed by atoms with Crippen molar-refractivity contribution in [2.45, 2.75) is 39.2 Å². The molecule has 1 fully saturated rings.